The van der Waals surface area contributed by atoms with Crippen molar-refractivity contribution in [2.24, 2.45) is 0 Å². The van der Waals surface area contributed by atoms with E-state index in [4.69, 9.17) is 16.0 Å². The molecule has 2 amide bonds. The van der Waals surface area contributed by atoms with Crippen LogP contribution >= 0.6 is 22.9 Å². The zero-order valence-corrected chi connectivity index (χ0v) is 14.5. The van der Waals surface area contributed by atoms with Gasteiger partial charge in [-0.3, -0.25) is 0 Å². The van der Waals surface area contributed by atoms with Crippen LogP contribution in [0, 0.1) is 0 Å². The molecule has 0 saturated carbocycles. The van der Waals surface area contributed by atoms with Gasteiger partial charge in [0.05, 0.1) is 25.6 Å². The van der Waals surface area contributed by atoms with Crippen LogP contribution in [-0.4, -0.2) is 10.9 Å². The summed E-state index contributed by atoms with van der Waals surface area (Å²) in [7, 11) is 0. The van der Waals surface area contributed by atoms with E-state index in [1.54, 1.807) is 28.8 Å². The van der Waals surface area contributed by atoms with Crippen LogP contribution in [0.15, 0.2) is 64.8 Å². The largest absolute Gasteiger partial charge is 0.472 e. The highest BCUT2D eigenvalue weighted by atomic mass is 35.5. The predicted octanol–water partition coefficient (Wildman–Crippen LogP) is 4.91. The highest BCUT2D eigenvalue weighted by molar-refractivity contribution is 7.09. The number of halogens is 1. The number of thiophene rings is 1. The van der Waals surface area contributed by atoms with Gasteiger partial charge in [0.25, 0.3) is 0 Å². The molecule has 0 atom stereocenters. The number of carbonyl (C=O) groups is 1. The van der Waals surface area contributed by atoms with Gasteiger partial charge in [0.2, 0.25) is 0 Å². The molecule has 0 fully saturated rings. The molecule has 1 aromatic carbocycles. The van der Waals surface area contributed by atoms with Crippen LogP contribution in [0.2, 0.25) is 5.02 Å². The second-order valence-corrected chi connectivity index (χ2v) is 6.82. The topological polar surface area (TPSA) is 45.5 Å². The van der Waals surface area contributed by atoms with E-state index in [0.29, 0.717) is 24.7 Å². The van der Waals surface area contributed by atoms with Gasteiger partial charge in [-0.2, -0.15) is 0 Å². The van der Waals surface area contributed by atoms with Crippen LogP contribution in [0.1, 0.15) is 16.0 Å². The van der Waals surface area contributed by atoms with Crippen molar-refractivity contribution in [3.63, 3.8) is 0 Å². The number of hydrogen-bond donors (Lipinski definition) is 1. The molecule has 0 spiro atoms. The lowest BCUT2D eigenvalue weighted by Gasteiger charge is -2.22. The quantitative estimate of drug-likeness (QED) is 0.679. The molecule has 2 aromatic heterocycles. The minimum atomic E-state index is -0.112. The lowest BCUT2D eigenvalue weighted by Crippen LogP contribution is -2.38. The van der Waals surface area contributed by atoms with E-state index in [0.717, 1.165) is 16.0 Å². The fraction of sp³-hybridized carbons (Fsp3) is 0.167. The maximum Gasteiger partial charge on any atom is 0.318 e. The number of rotatable bonds is 6. The fourth-order valence-corrected chi connectivity index (χ4v) is 3.13. The van der Waals surface area contributed by atoms with E-state index in [2.05, 4.69) is 5.32 Å². The summed E-state index contributed by atoms with van der Waals surface area (Å²) in [6, 6.07) is 13.2. The minimum Gasteiger partial charge on any atom is -0.472 e. The lowest BCUT2D eigenvalue weighted by atomic mass is 10.2. The molecule has 0 unspecified atom stereocenters. The Labute approximate surface area is 149 Å². The Balaban J connectivity index is 1.64. The normalized spacial score (nSPS) is 10.5. The summed E-state index contributed by atoms with van der Waals surface area (Å²) in [5.41, 5.74) is 1.97. The molecule has 2 heterocycles. The summed E-state index contributed by atoms with van der Waals surface area (Å²) in [5.74, 6) is 0. The van der Waals surface area contributed by atoms with E-state index in [9.17, 15) is 4.79 Å². The Morgan fingerprint density at radius 2 is 1.96 bits per heavy atom. The molecule has 0 aliphatic heterocycles. The summed E-state index contributed by atoms with van der Waals surface area (Å²) in [6.45, 7) is 1.53. The Hall–Kier alpha value is -2.24. The maximum atomic E-state index is 12.6. The average molecular weight is 361 g/mol. The third-order valence-corrected chi connectivity index (χ3v) is 4.64. The number of amides is 2. The molecule has 0 radical (unpaired) electrons. The second-order valence-electron chi connectivity index (χ2n) is 5.35. The standard InChI is InChI=1S/C18H17ClN2O2S/c19-16-5-3-14(4-6-16)10-20-18(22)21(11-15-7-8-23-13-15)12-17-2-1-9-24-17/h1-9,13H,10-12H2,(H,20,22). The lowest BCUT2D eigenvalue weighted by molar-refractivity contribution is 0.192. The van der Waals surface area contributed by atoms with Crippen molar-refractivity contribution in [1.82, 2.24) is 10.2 Å². The smallest absolute Gasteiger partial charge is 0.318 e. The van der Waals surface area contributed by atoms with Crippen LogP contribution in [0.25, 0.3) is 0 Å². The Kier molecular flexibility index (Phi) is 5.56. The molecule has 124 valence electrons. The van der Waals surface area contributed by atoms with Gasteiger partial charge in [0, 0.05) is 22.0 Å². The fourth-order valence-electron chi connectivity index (χ4n) is 2.28. The molecule has 6 heteroatoms. The van der Waals surface area contributed by atoms with Crippen molar-refractivity contribution in [2.45, 2.75) is 19.6 Å². The number of carbonyl (C=O) groups excluding carboxylic acids is 1. The number of urea groups is 1. The van der Waals surface area contributed by atoms with E-state index < -0.39 is 0 Å². The summed E-state index contributed by atoms with van der Waals surface area (Å²) in [4.78, 5) is 15.5. The van der Waals surface area contributed by atoms with Gasteiger partial charge in [0.15, 0.2) is 0 Å². The van der Waals surface area contributed by atoms with Crippen molar-refractivity contribution >= 4 is 29.0 Å². The molecule has 0 saturated heterocycles. The second kappa shape index (κ2) is 8.04. The number of nitrogens with one attached hydrogen (secondary N) is 1. The van der Waals surface area contributed by atoms with Gasteiger partial charge in [0.1, 0.15) is 0 Å². The zero-order valence-electron chi connectivity index (χ0n) is 12.9. The maximum absolute atomic E-state index is 12.6. The number of benzene rings is 1. The molecule has 0 aliphatic rings. The predicted molar refractivity (Wildman–Crippen MR) is 96.0 cm³/mol. The van der Waals surface area contributed by atoms with Crippen molar-refractivity contribution < 1.29 is 9.21 Å². The molecule has 1 N–H and O–H groups in total. The Bertz CT molecular complexity index is 719. The van der Waals surface area contributed by atoms with Crippen LogP contribution in [0.4, 0.5) is 4.79 Å². The Morgan fingerprint density at radius 3 is 2.62 bits per heavy atom. The van der Waals surface area contributed by atoms with Crippen molar-refractivity contribution in [3.8, 4) is 0 Å². The number of hydrogen-bond acceptors (Lipinski definition) is 3. The summed E-state index contributed by atoms with van der Waals surface area (Å²) >= 11 is 7.52. The van der Waals surface area contributed by atoms with E-state index in [-0.39, 0.29) is 6.03 Å². The first-order chi connectivity index (χ1) is 11.7. The van der Waals surface area contributed by atoms with Gasteiger partial charge < -0.3 is 14.6 Å². The average Bonchev–Trinajstić information content (AvgIpc) is 3.27. The van der Waals surface area contributed by atoms with Crippen molar-refractivity contribution in [3.05, 3.63) is 81.4 Å². The van der Waals surface area contributed by atoms with E-state index >= 15 is 0 Å². The van der Waals surface area contributed by atoms with Crippen LogP contribution in [0.3, 0.4) is 0 Å². The molecule has 0 bridgehead atoms. The molecule has 3 rings (SSSR count). The number of nitrogens with zero attached hydrogens (tertiary/aromatic N) is 1. The highest BCUT2D eigenvalue weighted by Crippen LogP contribution is 2.15. The van der Waals surface area contributed by atoms with Crippen LogP contribution < -0.4 is 5.32 Å². The first kappa shape index (κ1) is 16.6. The zero-order chi connectivity index (χ0) is 16.8. The molecular weight excluding hydrogens is 344 g/mol. The third kappa shape index (κ3) is 4.63. The molecule has 3 aromatic rings. The Morgan fingerprint density at radius 1 is 1.12 bits per heavy atom. The molecule has 4 nitrogen and oxygen atoms in total. The third-order valence-electron chi connectivity index (χ3n) is 3.52. The first-order valence-corrected chi connectivity index (χ1v) is 8.77. The van der Waals surface area contributed by atoms with Crippen molar-refractivity contribution in [2.75, 3.05) is 0 Å². The summed E-state index contributed by atoms with van der Waals surface area (Å²) in [5, 5.41) is 5.66. The highest BCUT2D eigenvalue weighted by Gasteiger charge is 2.15. The van der Waals surface area contributed by atoms with Gasteiger partial charge in [-0.1, -0.05) is 29.8 Å². The van der Waals surface area contributed by atoms with E-state index in [1.807, 2.05) is 47.8 Å². The minimum absolute atomic E-state index is 0.112. The molecule has 0 aliphatic carbocycles. The van der Waals surface area contributed by atoms with Gasteiger partial charge >= 0.3 is 6.03 Å². The molecular formula is C18H17ClN2O2S. The SMILES string of the molecule is O=C(NCc1ccc(Cl)cc1)N(Cc1ccoc1)Cc1cccs1. The van der Waals surface area contributed by atoms with Gasteiger partial charge in [-0.25, -0.2) is 4.79 Å². The van der Waals surface area contributed by atoms with E-state index in [1.165, 1.54) is 0 Å². The summed E-state index contributed by atoms with van der Waals surface area (Å²) < 4.78 is 5.10. The van der Waals surface area contributed by atoms with Crippen molar-refractivity contribution in [1.29, 1.82) is 0 Å². The van der Waals surface area contributed by atoms with Gasteiger partial charge in [-0.15, -0.1) is 11.3 Å². The van der Waals surface area contributed by atoms with Gasteiger partial charge in [-0.05, 0) is 35.2 Å². The monoisotopic (exact) mass is 360 g/mol. The van der Waals surface area contributed by atoms with Crippen LogP contribution in [-0.2, 0) is 19.6 Å². The number of furan rings is 1. The van der Waals surface area contributed by atoms with Crippen LogP contribution in [0.5, 0.6) is 0 Å². The first-order valence-electron chi connectivity index (χ1n) is 7.51. The molecule has 24 heavy (non-hydrogen) atoms. The summed E-state index contributed by atoms with van der Waals surface area (Å²) in [6.07, 6.45) is 3.28.